The van der Waals surface area contributed by atoms with Crippen LogP contribution in [-0.2, 0) is 13.1 Å². The number of amides is 1. The number of aromatic nitrogens is 1. The number of nitrogens with two attached hydrogens (primary N) is 1. The molecule has 0 saturated carbocycles. The molecule has 0 bridgehead atoms. The molecule has 0 atom stereocenters. The smallest absolute Gasteiger partial charge is 0.254 e. The first-order valence-electron chi connectivity index (χ1n) is 7.14. The maximum Gasteiger partial charge on any atom is 0.254 e. The Balaban J connectivity index is 0.00000242. The van der Waals surface area contributed by atoms with Gasteiger partial charge in [-0.05, 0) is 37.1 Å². The predicted octanol–water partition coefficient (Wildman–Crippen LogP) is 2.93. The Morgan fingerprint density at radius 2 is 2.00 bits per heavy atom. The van der Waals surface area contributed by atoms with Crippen LogP contribution in [0.4, 0.5) is 0 Å². The number of hydrogen-bond donors (Lipinski definition) is 1. The third-order valence-electron chi connectivity index (χ3n) is 3.56. The summed E-state index contributed by atoms with van der Waals surface area (Å²) in [5, 5.41) is 0. The van der Waals surface area contributed by atoms with Crippen LogP contribution in [0.5, 0.6) is 0 Å². The monoisotopic (exact) mass is 319 g/mol. The average molecular weight is 320 g/mol. The van der Waals surface area contributed by atoms with Crippen molar-refractivity contribution in [2.45, 2.75) is 26.9 Å². The quantitative estimate of drug-likeness (QED) is 0.921. The van der Waals surface area contributed by atoms with Crippen molar-refractivity contribution in [2.75, 3.05) is 6.54 Å². The average Bonchev–Trinajstić information content (AvgIpc) is 2.53. The van der Waals surface area contributed by atoms with E-state index in [0.717, 1.165) is 5.69 Å². The molecule has 2 aromatic rings. The van der Waals surface area contributed by atoms with Crippen molar-refractivity contribution in [1.29, 1.82) is 0 Å². The largest absolute Gasteiger partial charge is 0.335 e. The van der Waals surface area contributed by atoms with E-state index in [-0.39, 0.29) is 18.3 Å². The maximum absolute atomic E-state index is 12.6. The zero-order valence-corrected chi connectivity index (χ0v) is 13.8. The van der Waals surface area contributed by atoms with Gasteiger partial charge in [0.2, 0.25) is 0 Å². The Kier molecular flexibility index (Phi) is 7.02. The van der Waals surface area contributed by atoms with Gasteiger partial charge in [-0.1, -0.05) is 24.3 Å². The summed E-state index contributed by atoms with van der Waals surface area (Å²) in [5.74, 6) is 0.0119. The summed E-state index contributed by atoms with van der Waals surface area (Å²) in [6.07, 6.45) is 1.64. The van der Waals surface area contributed by atoms with Crippen LogP contribution < -0.4 is 5.73 Å². The molecule has 1 aromatic heterocycles. The van der Waals surface area contributed by atoms with Crippen LogP contribution in [-0.4, -0.2) is 22.3 Å². The molecule has 2 N–H and O–H groups in total. The Bertz CT molecular complexity index is 631. The Labute approximate surface area is 137 Å². The van der Waals surface area contributed by atoms with Gasteiger partial charge in [0.25, 0.3) is 5.91 Å². The molecule has 0 aliphatic heterocycles. The van der Waals surface area contributed by atoms with Crippen molar-refractivity contribution in [1.82, 2.24) is 9.88 Å². The fraction of sp³-hybridized carbons (Fsp3) is 0.294. The molecule has 0 aliphatic carbocycles. The molecule has 0 spiro atoms. The molecule has 5 heteroatoms. The van der Waals surface area contributed by atoms with Crippen LogP contribution in [0, 0.1) is 6.92 Å². The summed E-state index contributed by atoms with van der Waals surface area (Å²) in [6.45, 7) is 5.66. The van der Waals surface area contributed by atoms with Crippen LogP contribution >= 0.6 is 12.4 Å². The highest BCUT2D eigenvalue weighted by molar-refractivity contribution is 5.94. The van der Waals surface area contributed by atoms with Crippen LogP contribution in [0.25, 0.3) is 0 Å². The van der Waals surface area contributed by atoms with Crippen molar-refractivity contribution < 1.29 is 4.79 Å². The Morgan fingerprint density at radius 1 is 1.27 bits per heavy atom. The number of carbonyl (C=O) groups excluding carboxylic acids is 1. The standard InChI is InChI=1S/C17H21N3O.ClH/c1-3-20(12-15-7-5-4-6-13(15)2)17(21)14-8-9-19-16(10-14)11-18;/h4-10H,3,11-12,18H2,1-2H3;1H. The topological polar surface area (TPSA) is 59.2 Å². The van der Waals surface area contributed by atoms with Gasteiger partial charge in [-0.15, -0.1) is 12.4 Å². The third-order valence-corrected chi connectivity index (χ3v) is 3.56. The normalized spacial score (nSPS) is 9.95. The van der Waals surface area contributed by atoms with E-state index in [9.17, 15) is 4.79 Å². The molecule has 0 radical (unpaired) electrons. The number of hydrogen-bond acceptors (Lipinski definition) is 3. The molecule has 2 rings (SSSR count). The highest BCUT2D eigenvalue weighted by atomic mass is 35.5. The van der Waals surface area contributed by atoms with E-state index in [2.05, 4.69) is 24.0 Å². The minimum absolute atomic E-state index is 0. The van der Waals surface area contributed by atoms with E-state index in [1.54, 1.807) is 18.3 Å². The fourth-order valence-corrected chi connectivity index (χ4v) is 2.23. The van der Waals surface area contributed by atoms with Crippen molar-refractivity contribution >= 4 is 18.3 Å². The Hall–Kier alpha value is -1.91. The number of halogens is 1. The molecule has 0 saturated heterocycles. The van der Waals surface area contributed by atoms with Crippen LogP contribution in [0.2, 0.25) is 0 Å². The van der Waals surface area contributed by atoms with Gasteiger partial charge in [0.05, 0.1) is 5.69 Å². The van der Waals surface area contributed by atoms with Gasteiger partial charge in [0.15, 0.2) is 0 Å². The lowest BCUT2D eigenvalue weighted by Gasteiger charge is -2.22. The highest BCUT2D eigenvalue weighted by Gasteiger charge is 2.15. The van der Waals surface area contributed by atoms with E-state index in [0.29, 0.717) is 25.2 Å². The van der Waals surface area contributed by atoms with Crippen molar-refractivity contribution in [3.63, 3.8) is 0 Å². The van der Waals surface area contributed by atoms with Gasteiger partial charge in [-0.2, -0.15) is 0 Å². The van der Waals surface area contributed by atoms with Crippen LogP contribution in [0.3, 0.4) is 0 Å². The van der Waals surface area contributed by atoms with E-state index < -0.39 is 0 Å². The molecule has 22 heavy (non-hydrogen) atoms. The van der Waals surface area contributed by atoms with Crippen LogP contribution in [0.1, 0.15) is 34.1 Å². The molecule has 1 aromatic carbocycles. The predicted molar refractivity (Wildman–Crippen MR) is 91.0 cm³/mol. The van der Waals surface area contributed by atoms with E-state index in [1.165, 1.54) is 11.1 Å². The van der Waals surface area contributed by atoms with Crippen molar-refractivity contribution in [2.24, 2.45) is 5.73 Å². The van der Waals surface area contributed by atoms with Gasteiger partial charge in [-0.25, -0.2) is 0 Å². The first kappa shape index (κ1) is 18.1. The van der Waals surface area contributed by atoms with Crippen LogP contribution in [0.15, 0.2) is 42.6 Å². The number of carbonyl (C=O) groups is 1. The molecular formula is C17H22ClN3O. The molecule has 4 nitrogen and oxygen atoms in total. The highest BCUT2D eigenvalue weighted by Crippen LogP contribution is 2.13. The summed E-state index contributed by atoms with van der Waals surface area (Å²) in [7, 11) is 0. The second kappa shape index (κ2) is 8.51. The number of nitrogens with zero attached hydrogens (tertiary/aromatic N) is 2. The van der Waals surface area contributed by atoms with E-state index in [1.807, 2.05) is 24.0 Å². The third kappa shape index (κ3) is 4.29. The summed E-state index contributed by atoms with van der Waals surface area (Å²) >= 11 is 0. The number of benzene rings is 1. The molecule has 118 valence electrons. The van der Waals surface area contributed by atoms with Gasteiger partial charge >= 0.3 is 0 Å². The molecular weight excluding hydrogens is 298 g/mol. The van der Waals surface area contributed by atoms with Crippen molar-refractivity contribution in [3.05, 3.63) is 65.0 Å². The van der Waals surface area contributed by atoms with Gasteiger partial charge in [0.1, 0.15) is 0 Å². The maximum atomic E-state index is 12.6. The summed E-state index contributed by atoms with van der Waals surface area (Å²) in [6, 6.07) is 11.6. The lowest BCUT2D eigenvalue weighted by atomic mass is 10.1. The summed E-state index contributed by atoms with van der Waals surface area (Å²) < 4.78 is 0. The van der Waals surface area contributed by atoms with Gasteiger partial charge in [0, 0.05) is 31.4 Å². The minimum Gasteiger partial charge on any atom is -0.335 e. The second-order valence-electron chi connectivity index (χ2n) is 4.99. The lowest BCUT2D eigenvalue weighted by Crippen LogP contribution is -2.30. The lowest BCUT2D eigenvalue weighted by molar-refractivity contribution is 0.0752. The van der Waals surface area contributed by atoms with Gasteiger partial charge in [-0.3, -0.25) is 9.78 Å². The Morgan fingerprint density at radius 3 is 2.64 bits per heavy atom. The first-order valence-corrected chi connectivity index (χ1v) is 7.14. The molecule has 1 heterocycles. The summed E-state index contributed by atoms with van der Waals surface area (Å²) in [5.41, 5.74) is 9.32. The number of pyridine rings is 1. The number of aryl methyl sites for hydroxylation is 1. The zero-order valence-electron chi connectivity index (χ0n) is 13.0. The number of rotatable bonds is 5. The second-order valence-corrected chi connectivity index (χ2v) is 4.99. The van der Waals surface area contributed by atoms with E-state index in [4.69, 9.17) is 5.73 Å². The van der Waals surface area contributed by atoms with Gasteiger partial charge < -0.3 is 10.6 Å². The fourth-order valence-electron chi connectivity index (χ4n) is 2.23. The molecule has 0 unspecified atom stereocenters. The molecule has 0 fully saturated rings. The molecule has 0 aliphatic rings. The van der Waals surface area contributed by atoms with Crippen molar-refractivity contribution in [3.8, 4) is 0 Å². The zero-order chi connectivity index (χ0) is 15.2. The summed E-state index contributed by atoms with van der Waals surface area (Å²) in [4.78, 5) is 18.6. The SMILES string of the molecule is CCN(Cc1ccccc1C)C(=O)c1ccnc(CN)c1.Cl. The molecule has 1 amide bonds. The minimum atomic E-state index is 0. The van der Waals surface area contributed by atoms with E-state index >= 15 is 0 Å². The first-order chi connectivity index (χ1) is 10.2.